The van der Waals surface area contributed by atoms with E-state index in [0.29, 0.717) is 12.2 Å². The summed E-state index contributed by atoms with van der Waals surface area (Å²) in [6.45, 7) is 3.22. The Morgan fingerprint density at radius 2 is 1.62 bits per heavy atom. The van der Waals surface area contributed by atoms with Crippen LogP contribution in [0.25, 0.3) is 0 Å². The van der Waals surface area contributed by atoms with Crippen molar-refractivity contribution in [1.29, 1.82) is 0 Å². The number of benzene rings is 2. The Morgan fingerprint density at radius 1 is 1.00 bits per heavy atom. The Labute approximate surface area is 122 Å². The van der Waals surface area contributed by atoms with Crippen LogP contribution in [0.4, 0.5) is 24.5 Å². The number of hydrogen-bond acceptors (Lipinski definition) is 2. The highest BCUT2D eigenvalue weighted by Crippen LogP contribution is 2.30. The third kappa shape index (κ3) is 3.68. The molecule has 2 nitrogen and oxygen atoms in total. The lowest BCUT2D eigenvalue weighted by molar-refractivity contribution is -0.137. The average Bonchev–Trinajstić information content (AvgIpc) is 2.45. The maximum Gasteiger partial charge on any atom is 0.416 e. The van der Waals surface area contributed by atoms with Crippen molar-refractivity contribution in [1.82, 2.24) is 0 Å². The van der Waals surface area contributed by atoms with Crippen LogP contribution in [0, 0.1) is 0 Å². The molecule has 0 aliphatic carbocycles. The summed E-state index contributed by atoms with van der Waals surface area (Å²) >= 11 is 0. The first-order chi connectivity index (χ1) is 9.91. The fourth-order valence-electron chi connectivity index (χ4n) is 2.16. The molecule has 0 unspecified atom stereocenters. The van der Waals surface area contributed by atoms with E-state index in [1.165, 1.54) is 12.1 Å². The molecule has 2 N–H and O–H groups in total. The summed E-state index contributed by atoms with van der Waals surface area (Å²) in [5.41, 5.74) is 7.67. The molecule has 0 saturated carbocycles. The van der Waals surface area contributed by atoms with Crippen LogP contribution in [-0.2, 0) is 12.7 Å². The number of nitrogen functional groups attached to an aromatic ring is 1. The topological polar surface area (TPSA) is 29.3 Å². The van der Waals surface area contributed by atoms with Crippen LogP contribution in [-0.4, -0.2) is 6.54 Å². The zero-order valence-electron chi connectivity index (χ0n) is 11.7. The number of hydrogen-bond donors (Lipinski definition) is 1. The van der Waals surface area contributed by atoms with E-state index in [0.717, 1.165) is 29.9 Å². The molecule has 0 saturated heterocycles. The Morgan fingerprint density at radius 3 is 2.14 bits per heavy atom. The Hall–Kier alpha value is -2.17. The van der Waals surface area contributed by atoms with Gasteiger partial charge in [-0.05, 0) is 36.8 Å². The second-order valence-corrected chi connectivity index (χ2v) is 4.77. The summed E-state index contributed by atoms with van der Waals surface area (Å²) in [7, 11) is 0. The minimum atomic E-state index is -4.30. The van der Waals surface area contributed by atoms with Crippen LogP contribution in [0.1, 0.15) is 18.1 Å². The minimum absolute atomic E-state index is 0.517. The van der Waals surface area contributed by atoms with E-state index < -0.39 is 11.7 Å². The summed E-state index contributed by atoms with van der Waals surface area (Å²) < 4.78 is 37.6. The number of anilines is 2. The summed E-state index contributed by atoms with van der Waals surface area (Å²) in [6, 6.07) is 12.7. The molecule has 0 aromatic heterocycles. The molecule has 0 atom stereocenters. The molecule has 112 valence electrons. The third-order valence-corrected chi connectivity index (χ3v) is 3.31. The molecule has 2 aromatic carbocycles. The van der Waals surface area contributed by atoms with Gasteiger partial charge in [0, 0.05) is 13.1 Å². The van der Waals surface area contributed by atoms with Gasteiger partial charge in [0.05, 0.1) is 16.9 Å². The van der Waals surface area contributed by atoms with Crippen LogP contribution < -0.4 is 10.6 Å². The summed E-state index contributed by atoms with van der Waals surface area (Å²) in [6.07, 6.45) is -4.30. The van der Waals surface area contributed by atoms with E-state index in [4.69, 9.17) is 5.73 Å². The van der Waals surface area contributed by atoms with Crippen LogP contribution in [0.5, 0.6) is 0 Å². The maximum absolute atomic E-state index is 12.5. The number of alkyl halides is 3. The van der Waals surface area contributed by atoms with Crippen molar-refractivity contribution in [2.45, 2.75) is 19.6 Å². The van der Waals surface area contributed by atoms with Crippen molar-refractivity contribution in [3.05, 3.63) is 59.7 Å². The van der Waals surface area contributed by atoms with Crippen molar-refractivity contribution in [3.8, 4) is 0 Å². The first-order valence-electron chi connectivity index (χ1n) is 6.67. The van der Waals surface area contributed by atoms with Gasteiger partial charge < -0.3 is 10.6 Å². The first kappa shape index (κ1) is 15.2. The zero-order valence-corrected chi connectivity index (χ0v) is 11.7. The molecule has 0 fully saturated rings. The average molecular weight is 294 g/mol. The number of nitrogens with zero attached hydrogens (tertiary/aromatic N) is 1. The maximum atomic E-state index is 12.5. The van der Waals surface area contributed by atoms with Crippen LogP contribution in [0.15, 0.2) is 48.5 Å². The van der Waals surface area contributed by atoms with E-state index in [2.05, 4.69) is 0 Å². The van der Waals surface area contributed by atoms with Gasteiger partial charge in [-0.15, -0.1) is 0 Å². The summed E-state index contributed by atoms with van der Waals surface area (Å²) in [4.78, 5) is 2.03. The normalized spacial score (nSPS) is 11.4. The molecule has 0 radical (unpaired) electrons. The fraction of sp³-hybridized carbons (Fsp3) is 0.250. The Balaban J connectivity index is 2.18. The van der Waals surface area contributed by atoms with Gasteiger partial charge >= 0.3 is 6.18 Å². The molecule has 0 aliphatic heterocycles. The molecule has 0 spiro atoms. The fourth-order valence-corrected chi connectivity index (χ4v) is 2.16. The predicted molar refractivity (Wildman–Crippen MR) is 79.0 cm³/mol. The lowest BCUT2D eigenvalue weighted by Crippen LogP contribution is -2.23. The lowest BCUT2D eigenvalue weighted by atomic mass is 10.1. The number of nitrogens with two attached hydrogens (primary N) is 1. The molecule has 0 aliphatic rings. The monoisotopic (exact) mass is 294 g/mol. The quantitative estimate of drug-likeness (QED) is 0.851. The summed E-state index contributed by atoms with van der Waals surface area (Å²) in [5, 5.41) is 0. The van der Waals surface area contributed by atoms with Gasteiger partial charge in [-0.25, -0.2) is 0 Å². The van der Waals surface area contributed by atoms with E-state index >= 15 is 0 Å². The van der Waals surface area contributed by atoms with Crippen molar-refractivity contribution in [2.75, 3.05) is 17.2 Å². The van der Waals surface area contributed by atoms with Crippen molar-refractivity contribution in [2.24, 2.45) is 0 Å². The van der Waals surface area contributed by atoms with Gasteiger partial charge in [0.1, 0.15) is 0 Å². The first-order valence-corrected chi connectivity index (χ1v) is 6.67. The van der Waals surface area contributed by atoms with Gasteiger partial charge in [0.2, 0.25) is 0 Å². The highest BCUT2D eigenvalue weighted by atomic mass is 19.4. The van der Waals surface area contributed by atoms with Crippen LogP contribution >= 0.6 is 0 Å². The SMILES string of the molecule is CCN(Cc1ccc(C(F)(F)F)cc1)c1ccccc1N. The molecule has 5 heteroatoms. The van der Waals surface area contributed by atoms with E-state index in [1.807, 2.05) is 36.1 Å². The van der Waals surface area contributed by atoms with Gasteiger partial charge in [-0.3, -0.25) is 0 Å². The second-order valence-electron chi connectivity index (χ2n) is 4.77. The Bertz CT molecular complexity index is 591. The van der Waals surface area contributed by atoms with Crippen molar-refractivity contribution >= 4 is 11.4 Å². The number of halogens is 3. The molecule has 2 aromatic rings. The van der Waals surface area contributed by atoms with Crippen LogP contribution in [0.2, 0.25) is 0 Å². The third-order valence-electron chi connectivity index (χ3n) is 3.31. The second kappa shape index (κ2) is 6.08. The van der Waals surface area contributed by atoms with Gasteiger partial charge in [0.25, 0.3) is 0 Å². The highest BCUT2D eigenvalue weighted by molar-refractivity contribution is 5.67. The smallest absolute Gasteiger partial charge is 0.397 e. The summed E-state index contributed by atoms with van der Waals surface area (Å²) in [5.74, 6) is 0. The molecular formula is C16H17F3N2. The molecule has 21 heavy (non-hydrogen) atoms. The molecule has 0 bridgehead atoms. The number of para-hydroxylation sites is 2. The predicted octanol–water partition coefficient (Wildman–Crippen LogP) is 4.31. The minimum Gasteiger partial charge on any atom is -0.397 e. The molecular weight excluding hydrogens is 277 g/mol. The van der Waals surface area contributed by atoms with E-state index in [1.54, 1.807) is 0 Å². The molecule has 2 rings (SSSR count). The van der Waals surface area contributed by atoms with Crippen LogP contribution in [0.3, 0.4) is 0 Å². The zero-order chi connectivity index (χ0) is 15.5. The largest absolute Gasteiger partial charge is 0.416 e. The van der Waals surface area contributed by atoms with E-state index in [-0.39, 0.29) is 0 Å². The molecule has 0 heterocycles. The van der Waals surface area contributed by atoms with Crippen molar-refractivity contribution < 1.29 is 13.2 Å². The number of rotatable bonds is 4. The van der Waals surface area contributed by atoms with Gasteiger partial charge in [0.15, 0.2) is 0 Å². The van der Waals surface area contributed by atoms with Gasteiger partial charge in [-0.1, -0.05) is 24.3 Å². The Kier molecular flexibility index (Phi) is 4.40. The lowest BCUT2D eigenvalue weighted by Gasteiger charge is -2.24. The van der Waals surface area contributed by atoms with Gasteiger partial charge in [-0.2, -0.15) is 13.2 Å². The highest BCUT2D eigenvalue weighted by Gasteiger charge is 2.29. The van der Waals surface area contributed by atoms with E-state index in [9.17, 15) is 13.2 Å². The van der Waals surface area contributed by atoms with Crippen molar-refractivity contribution in [3.63, 3.8) is 0 Å². The standard InChI is InChI=1S/C16H17F3N2/c1-2-21(15-6-4-3-5-14(15)20)11-12-7-9-13(10-8-12)16(17,18)19/h3-10H,2,11,20H2,1H3. The molecule has 0 amide bonds.